The standard InChI is InChI=1S/C21H13F4N2O2/c22-16-8-2-6-14-18-15(20(26)28)7-3-9-17(18)27(19(14)16)11-12-4-1-5-13(10-12)29-21(23,24)25/h1-5,7-10H,11H2,(H2,26,28). The summed E-state index contributed by atoms with van der Waals surface area (Å²) in [5, 5.41) is 0.814. The molecule has 8 heteroatoms. The number of nitrogens with zero attached hydrogens (tertiary/aromatic N) is 1. The Bertz CT molecular complexity index is 1240. The Kier molecular flexibility index (Phi) is 4.41. The third kappa shape index (κ3) is 3.49. The minimum Gasteiger partial charge on any atom is -0.406 e. The zero-order valence-corrected chi connectivity index (χ0v) is 14.8. The van der Waals surface area contributed by atoms with Crippen molar-refractivity contribution in [2.75, 3.05) is 0 Å². The molecule has 29 heavy (non-hydrogen) atoms. The summed E-state index contributed by atoms with van der Waals surface area (Å²) in [5.74, 6) is -1.60. The summed E-state index contributed by atoms with van der Waals surface area (Å²) in [6.45, 7) is 0.0477. The van der Waals surface area contributed by atoms with Crippen LogP contribution in [-0.2, 0) is 6.54 Å². The number of primary amides is 1. The van der Waals surface area contributed by atoms with Gasteiger partial charge in [-0.15, -0.1) is 13.2 Å². The Morgan fingerprint density at radius 3 is 2.62 bits per heavy atom. The number of halogens is 4. The molecule has 3 aromatic carbocycles. The van der Waals surface area contributed by atoms with Crippen molar-refractivity contribution in [3.8, 4) is 5.75 Å². The highest BCUT2D eigenvalue weighted by molar-refractivity contribution is 6.17. The SMILES string of the molecule is NC(=O)c1cccc2c1c1[c]ccc(F)c1n2Cc1cccc(OC(F)(F)F)c1. The van der Waals surface area contributed by atoms with E-state index in [4.69, 9.17) is 5.73 Å². The van der Waals surface area contributed by atoms with Gasteiger partial charge in [-0.1, -0.05) is 24.3 Å². The fourth-order valence-electron chi connectivity index (χ4n) is 3.46. The van der Waals surface area contributed by atoms with Gasteiger partial charge in [0.25, 0.3) is 0 Å². The normalized spacial score (nSPS) is 11.9. The first-order valence-corrected chi connectivity index (χ1v) is 8.50. The summed E-state index contributed by atoms with van der Waals surface area (Å²) in [6.07, 6.45) is -4.82. The number of hydrogen-bond donors (Lipinski definition) is 1. The second-order valence-corrected chi connectivity index (χ2v) is 6.39. The van der Waals surface area contributed by atoms with Gasteiger partial charge in [-0.3, -0.25) is 4.79 Å². The number of amides is 1. The number of carbonyl (C=O) groups is 1. The second kappa shape index (κ2) is 6.80. The molecule has 4 nitrogen and oxygen atoms in total. The lowest BCUT2D eigenvalue weighted by atomic mass is 10.1. The number of carbonyl (C=O) groups excluding carboxylic acids is 1. The van der Waals surface area contributed by atoms with Crippen LogP contribution in [-0.4, -0.2) is 16.8 Å². The zero-order chi connectivity index (χ0) is 20.8. The van der Waals surface area contributed by atoms with E-state index in [1.807, 2.05) is 0 Å². The summed E-state index contributed by atoms with van der Waals surface area (Å²) in [5.41, 5.74) is 6.83. The molecule has 147 valence electrons. The van der Waals surface area contributed by atoms with E-state index in [0.717, 1.165) is 0 Å². The molecule has 0 aliphatic carbocycles. The van der Waals surface area contributed by atoms with E-state index in [1.165, 1.54) is 36.4 Å². The average molecular weight is 401 g/mol. The predicted molar refractivity (Wildman–Crippen MR) is 99.0 cm³/mol. The summed E-state index contributed by atoms with van der Waals surface area (Å²) in [7, 11) is 0. The van der Waals surface area contributed by atoms with Crippen LogP contribution in [0.2, 0.25) is 0 Å². The van der Waals surface area contributed by atoms with E-state index in [0.29, 0.717) is 21.9 Å². The second-order valence-electron chi connectivity index (χ2n) is 6.39. The molecule has 0 atom stereocenters. The summed E-state index contributed by atoms with van der Waals surface area (Å²) >= 11 is 0. The van der Waals surface area contributed by atoms with E-state index >= 15 is 0 Å². The molecule has 1 aromatic heterocycles. The monoisotopic (exact) mass is 401 g/mol. The van der Waals surface area contributed by atoms with Crippen LogP contribution in [0.15, 0.2) is 54.6 Å². The van der Waals surface area contributed by atoms with Gasteiger partial charge in [0.1, 0.15) is 11.6 Å². The largest absolute Gasteiger partial charge is 0.573 e. The van der Waals surface area contributed by atoms with Crippen LogP contribution in [0.4, 0.5) is 17.6 Å². The highest BCUT2D eigenvalue weighted by Crippen LogP contribution is 2.34. The van der Waals surface area contributed by atoms with Gasteiger partial charge < -0.3 is 15.0 Å². The van der Waals surface area contributed by atoms with Crippen molar-refractivity contribution in [3.63, 3.8) is 0 Å². The lowest BCUT2D eigenvalue weighted by molar-refractivity contribution is -0.274. The van der Waals surface area contributed by atoms with Gasteiger partial charge in [-0.05, 0) is 42.0 Å². The summed E-state index contributed by atoms with van der Waals surface area (Å²) < 4.78 is 57.8. The molecule has 2 N–H and O–H groups in total. The van der Waals surface area contributed by atoms with Gasteiger partial charge >= 0.3 is 6.36 Å². The molecule has 0 saturated heterocycles. The quantitative estimate of drug-likeness (QED) is 0.501. The lowest BCUT2D eigenvalue weighted by Crippen LogP contribution is -2.17. The molecule has 0 fully saturated rings. The highest BCUT2D eigenvalue weighted by atomic mass is 19.4. The predicted octanol–water partition coefficient (Wildman–Crippen LogP) is 4.78. The van der Waals surface area contributed by atoms with Crippen LogP contribution in [0.1, 0.15) is 15.9 Å². The number of ether oxygens (including phenoxy) is 1. The first-order chi connectivity index (χ1) is 13.7. The Morgan fingerprint density at radius 1 is 1.14 bits per heavy atom. The van der Waals surface area contributed by atoms with Gasteiger partial charge in [0.05, 0.1) is 11.0 Å². The molecule has 0 aliphatic heterocycles. The van der Waals surface area contributed by atoms with Crippen molar-refractivity contribution in [1.29, 1.82) is 0 Å². The molecule has 4 rings (SSSR count). The van der Waals surface area contributed by atoms with Crippen LogP contribution < -0.4 is 10.5 Å². The first kappa shape index (κ1) is 18.8. The topological polar surface area (TPSA) is 57.2 Å². The van der Waals surface area contributed by atoms with Crippen LogP contribution in [0.25, 0.3) is 21.8 Å². The summed E-state index contributed by atoms with van der Waals surface area (Å²) in [6, 6.07) is 15.8. The van der Waals surface area contributed by atoms with Gasteiger partial charge in [0, 0.05) is 22.9 Å². The number of hydrogen-bond acceptors (Lipinski definition) is 2. The van der Waals surface area contributed by atoms with Gasteiger partial charge in [0.15, 0.2) is 0 Å². The Balaban J connectivity index is 1.91. The van der Waals surface area contributed by atoms with Crippen LogP contribution >= 0.6 is 0 Å². The van der Waals surface area contributed by atoms with Crippen LogP contribution in [0.3, 0.4) is 0 Å². The molecular formula is C21H13F4N2O2. The number of nitrogens with two attached hydrogens (primary N) is 1. The fraction of sp³-hybridized carbons (Fsp3) is 0.0952. The van der Waals surface area contributed by atoms with Gasteiger partial charge in [0.2, 0.25) is 5.91 Å². The number of alkyl halides is 3. The lowest BCUT2D eigenvalue weighted by Gasteiger charge is -2.12. The molecule has 1 radical (unpaired) electrons. The minimum absolute atomic E-state index is 0.0477. The maximum Gasteiger partial charge on any atom is 0.573 e. The Hall–Kier alpha value is -3.55. The Labute approximate surface area is 162 Å². The van der Waals surface area contributed by atoms with Crippen LogP contribution in [0.5, 0.6) is 5.75 Å². The van der Waals surface area contributed by atoms with Crippen molar-refractivity contribution < 1.29 is 27.1 Å². The van der Waals surface area contributed by atoms with E-state index in [9.17, 15) is 22.4 Å². The number of aromatic nitrogens is 1. The van der Waals surface area contributed by atoms with Gasteiger partial charge in [-0.25, -0.2) is 4.39 Å². The molecule has 4 aromatic rings. The third-order valence-electron chi connectivity index (χ3n) is 4.51. The van der Waals surface area contributed by atoms with Crippen molar-refractivity contribution in [2.45, 2.75) is 12.9 Å². The molecule has 0 unspecified atom stereocenters. The van der Waals surface area contributed by atoms with E-state index in [-0.39, 0.29) is 23.4 Å². The number of rotatable bonds is 4. The molecule has 0 spiro atoms. The first-order valence-electron chi connectivity index (χ1n) is 8.50. The van der Waals surface area contributed by atoms with Crippen molar-refractivity contribution >= 4 is 27.7 Å². The average Bonchev–Trinajstić information content (AvgIpc) is 2.96. The molecule has 0 aliphatic rings. The minimum atomic E-state index is -4.82. The van der Waals surface area contributed by atoms with Crippen molar-refractivity contribution in [1.82, 2.24) is 4.57 Å². The number of fused-ring (bicyclic) bond motifs is 3. The van der Waals surface area contributed by atoms with Crippen molar-refractivity contribution in [2.24, 2.45) is 5.73 Å². The molecule has 1 amide bonds. The molecule has 0 bridgehead atoms. The highest BCUT2D eigenvalue weighted by Gasteiger charge is 2.31. The Morgan fingerprint density at radius 2 is 1.90 bits per heavy atom. The fourth-order valence-corrected chi connectivity index (χ4v) is 3.46. The zero-order valence-electron chi connectivity index (χ0n) is 14.8. The van der Waals surface area contributed by atoms with Crippen molar-refractivity contribution in [3.05, 3.63) is 77.6 Å². The maximum atomic E-state index is 14.7. The van der Waals surface area contributed by atoms with E-state index < -0.39 is 18.1 Å². The molecular weight excluding hydrogens is 388 g/mol. The van der Waals surface area contributed by atoms with E-state index in [1.54, 1.807) is 22.8 Å². The molecule has 1 heterocycles. The third-order valence-corrected chi connectivity index (χ3v) is 4.51. The van der Waals surface area contributed by atoms with Gasteiger partial charge in [-0.2, -0.15) is 0 Å². The number of benzene rings is 3. The molecule has 0 saturated carbocycles. The van der Waals surface area contributed by atoms with Crippen LogP contribution in [0, 0.1) is 11.9 Å². The van der Waals surface area contributed by atoms with E-state index in [2.05, 4.69) is 10.8 Å². The smallest absolute Gasteiger partial charge is 0.406 e. The summed E-state index contributed by atoms with van der Waals surface area (Å²) in [4.78, 5) is 11.9. The maximum absolute atomic E-state index is 14.7.